The van der Waals surface area contributed by atoms with Crippen molar-refractivity contribution < 1.29 is 13.2 Å². The van der Waals surface area contributed by atoms with E-state index in [-0.39, 0.29) is 4.90 Å². The van der Waals surface area contributed by atoms with Crippen molar-refractivity contribution in [1.29, 1.82) is 0 Å². The number of hydrogen-bond acceptors (Lipinski definition) is 4. The number of benzene rings is 1. The number of ether oxygens (including phenoxy) is 1. The van der Waals surface area contributed by atoms with Crippen molar-refractivity contribution in [2.45, 2.75) is 43.4 Å². The van der Waals surface area contributed by atoms with E-state index in [0.717, 1.165) is 18.8 Å². The molecule has 1 aromatic carbocycles. The molecule has 0 aromatic heterocycles. The van der Waals surface area contributed by atoms with Crippen molar-refractivity contribution in [2.24, 2.45) is 5.92 Å². The zero-order valence-electron chi connectivity index (χ0n) is 12.5. The van der Waals surface area contributed by atoms with Gasteiger partial charge in [-0.15, -0.1) is 0 Å². The molecular weight excluding hydrogens is 288 g/mol. The van der Waals surface area contributed by atoms with Crippen LogP contribution < -0.4 is 15.2 Å². The molecule has 3 N–H and O–H groups in total. The maximum atomic E-state index is 12.2. The Morgan fingerprint density at radius 2 is 2.05 bits per heavy atom. The molecule has 21 heavy (non-hydrogen) atoms. The molecule has 0 amide bonds. The number of nitrogens with one attached hydrogen (secondary N) is 1. The van der Waals surface area contributed by atoms with Crippen LogP contribution in [0.5, 0.6) is 5.75 Å². The summed E-state index contributed by atoms with van der Waals surface area (Å²) in [6.07, 6.45) is 7.22. The molecule has 0 heterocycles. The molecule has 1 aromatic rings. The molecular formula is C15H24N2O3S. The number of sulfonamides is 1. The lowest BCUT2D eigenvalue weighted by Crippen LogP contribution is -2.25. The van der Waals surface area contributed by atoms with E-state index in [1.54, 1.807) is 6.07 Å². The molecule has 0 spiro atoms. The standard InChI is InChI=1S/C15H24N2O3S/c1-20-15-11-13(8-9-14(15)16)21(18,19)17-10-4-7-12-5-2-3-6-12/h8-9,11-12,17H,2-7,10,16H2,1H3. The SMILES string of the molecule is COc1cc(S(=O)(=O)NCCCC2CCCC2)ccc1N. The van der Waals surface area contributed by atoms with Crippen LogP contribution in [0.15, 0.2) is 23.1 Å². The van der Waals surface area contributed by atoms with Gasteiger partial charge in [-0.2, -0.15) is 0 Å². The van der Waals surface area contributed by atoms with Crippen molar-refractivity contribution in [3.63, 3.8) is 0 Å². The Labute approximate surface area is 126 Å². The van der Waals surface area contributed by atoms with E-state index in [4.69, 9.17) is 10.5 Å². The highest BCUT2D eigenvalue weighted by Crippen LogP contribution is 2.28. The summed E-state index contributed by atoms with van der Waals surface area (Å²) in [5, 5.41) is 0. The molecule has 1 aliphatic carbocycles. The molecule has 5 nitrogen and oxygen atoms in total. The summed E-state index contributed by atoms with van der Waals surface area (Å²) in [7, 11) is -2.02. The third kappa shape index (κ3) is 4.35. The quantitative estimate of drug-likeness (QED) is 0.599. The van der Waals surface area contributed by atoms with Crippen molar-refractivity contribution >= 4 is 15.7 Å². The van der Waals surface area contributed by atoms with Gasteiger partial charge >= 0.3 is 0 Å². The smallest absolute Gasteiger partial charge is 0.240 e. The average molecular weight is 312 g/mol. The molecule has 0 radical (unpaired) electrons. The Morgan fingerprint density at radius 3 is 2.71 bits per heavy atom. The number of methoxy groups -OCH3 is 1. The predicted octanol–water partition coefficient (Wildman–Crippen LogP) is 2.53. The lowest BCUT2D eigenvalue weighted by molar-refractivity contribution is 0.415. The Hall–Kier alpha value is -1.27. The fourth-order valence-electron chi connectivity index (χ4n) is 2.84. The zero-order valence-corrected chi connectivity index (χ0v) is 13.3. The van der Waals surface area contributed by atoms with Crippen LogP contribution in [0, 0.1) is 5.92 Å². The highest BCUT2D eigenvalue weighted by atomic mass is 32.2. The van der Waals surface area contributed by atoms with Gasteiger partial charge in [-0.3, -0.25) is 0 Å². The Kier molecular flexibility index (Phi) is 5.47. The normalized spacial score (nSPS) is 16.2. The highest BCUT2D eigenvalue weighted by molar-refractivity contribution is 7.89. The van der Waals surface area contributed by atoms with Crippen LogP contribution in [0.4, 0.5) is 5.69 Å². The molecule has 0 bridgehead atoms. The number of hydrogen-bond donors (Lipinski definition) is 2. The van der Waals surface area contributed by atoms with Crippen molar-refractivity contribution in [2.75, 3.05) is 19.4 Å². The molecule has 0 aliphatic heterocycles. The van der Waals surface area contributed by atoms with Gasteiger partial charge in [-0.05, 0) is 30.9 Å². The number of nitrogen functional groups attached to an aromatic ring is 1. The van der Waals surface area contributed by atoms with Gasteiger partial charge in [0.05, 0.1) is 17.7 Å². The Morgan fingerprint density at radius 1 is 1.33 bits per heavy atom. The zero-order chi connectivity index (χ0) is 15.3. The first kappa shape index (κ1) is 16.1. The van der Waals surface area contributed by atoms with Crippen LogP contribution in [-0.4, -0.2) is 22.1 Å². The Balaban J connectivity index is 1.88. The largest absolute Gasteiger partial charge is 0.495 e. The molecule has 2 rings (SSSR count). The summed E-state index contributed by atoms with van der Waals surface area (Å²) in [5.41, 5.74) is 6.12. The molecule has 1 aliphatic rings. The monoisotopic (exact) mass is 312 g/mol. The fourth-order valence-corrected chi connectivity index (χ4v) is 3.93. The van der Waals surface area contributed by atoms with Gasteiger partial charge < -0.3 is 10.5 Å². The van der Waals surface area contributed by atoms with E-state index < -0.39 is 10.0 Å². The topological polar surface area (TPSA) is 81.4 Å². The molecule has 0 atom stereocenters. The van der Waals surface area contributed by atoms with Crippen molar-refractivity contribution in [3.8, 4) is 5.75 Å². The summed E-state index contributed by atoms with van der Waals surface area (Å²) in [5.74, 6) is 1.16. The van der Waals surface area contributed by atoms with Gasteiger partial charge in [0.25, 0.3) is 0 Å². The third-order valence-corrected chi connectivity index (χ3v) is 5.53. The van der Waals surface area contributed by atoms with Gasteiger partial charge in [0.1, 0.15) is 5.75 Å². The average Bonchev–Trinajstić information content (AvgIpc) is 2.97. The second-order valence-corrected chi connectivity index (χ2v) is 7.36. The second kappa shape index (κ2) is 7.13. The van der Waals surface area contributed by atoms with Crippen LogP contribution in [0.2, 0.25) is 0 Å². The van der Waals surface area contributed by atoms with Crippen molar-refractivity contribution in [1.82, 2.24) is 4.72 Å². The van der Waals surface area contributed by atoms with Gasteiger partial charge in [-0.25, -0.2) is 13.1 Å². The second-order valence-electron chi connectivity index (χ2n) is 5.59. The van der Waals surface area contributed by atoms with Crippen LogP contribution in [0.3, 0.4) is 0 Å². The van der Waals surface area contributed by atoms with E-state index in [1.807, 2.05) is 0 Å². The lowest BCUT2D eigenvalue weighted by atomic mass is 10.0. The van der Waals surface area contributed by atoms with E-state index in [2.05, 4.69) is 4.72 Å². The van der Waals surface area contributed by atoms with E-state index >= 15 is 0 Å². The lowest BCUT2D eigenvalue weighted by Gasteiger charge is -2.11. The first-order chi connectivity index (χ1) is 10.0. The maximum absolute atomic E-state index is 12.2. The molecule has 6 heteroatoms. The van der Waals surface area contributed by atoms with E-state index in [9.17, 15) is 8.42 Å². The maximum Gasteiger partial charge on any atom is 0.240 e. The van der Waals surface area contributed by atoms with Crippen LogP contribution >= 0.6 is 0 Å². The van der Waals surface area contributed by atoms with Crippen molar-refractivity contribution in [3.05, 3.63) is 18.2 Å². The van der Waals surface area contributed by atoms with Gasteiger partial charge in [-0.1, -0.05) is 25.7 Å². The summed E-state index contributed by atoms with van der Waals surface area (Å²) < 4.78 is 32.1. The minimum Gasteiger partial charge on any atom is -0.495 e. The number of nitrogens with two attached hydrogens (primary N) is 1. The number of rotatable bonds is 7. The summed E-state index contributed by atoms with van der Waals surface area (Å²) >= 11 is 0. The summed E-state index contributed by atoms with van der Waals surface area (Å²) in [4.78, 5) is 0.189. The van der Waals surface area contributed by atoms with Gasteiger partial charge in [0.15, 0.2) is 0 Å². The molecule has 1 saturated carbocycles. The molecule has 0 unspecified atom stereocenters. The minimum absolute atomic E-state index is 0.189. The predicted molar refractivity (Wildman–Crippen MR) is 83.8 cm³/mol. The third-order valence-electron chi connectivity index (χ3n) is 4.07. The summed E-state index contributed by atoms with van der Waals surface area (Å²) in [6.45, 7) is 0.478. The van der Waals surface area contributed by atoms with Gasteiger partial charge in [0, 0.05) is 12.6 Å². The van der Waals surface area contributed by atoms with Crippen LogP contribution in [0.25, 0.3) is 0 Å². The van der Waals surface area contributed by atoms with Crippen LogP contribution in [-0.2, 0) is 10.0 Å². The molecule has 0 saturated heterocycles. The number of anilines is 1. The highest BCUT2D eigenvalue weighted by Gasteiger charge is 2.17. The summed E-state index contributed by atoms with van der Waals surface area (Å²) in [6, 6.07) is 4.50. The van der Waals surface area contributed by atoms with E-state index in [0.29, 0.717) is 18.0 Å². The minimum atomic E-state index is -3.49. The van der Waals surface area contributed by atoms with E-state index in [1.165, 1.54) is 44.9 Å². The fraction of sp³-hybridized carbons (Fsp3) is 0.600. The van der Waals surface area contributed by atoms with Crippen LogP contribution in [0.1, 0.15) is 38.5 Å². The van der Waals surface area contributed by atoms with Gasteiger partial charge in [0.2, 0.25) is 10.0 Å². The first-order valence-electron chi connectivity index (χ1n) is 7.46. The Bertz CT molecular complexity index is 566. The molecule has 118 valence electrons. The first-order valence-corrected chi connectivity index (χ1v) is 8.94. The molecule has 1 fully saturated rings.